The van der Waals surface area contributed by atoms with Gasteiger partial charge in [-0.15, -0.1) is 0 Å². The van der Waals surface area contributed by atoms with Gasteiger partial charge in [-0.05, 0) is 30.9 Å². The first-order valence-electron chi connectivity index (χ1n) is 7.06. The summed E-state index contributed by atoms with van der Waals surface area (Å²) in [5.74, 6) is -1.33. The molecule has 1 saturated carbocycles. The van der Waals surface area contributed by atoms with E-state index in [0.717, 1.165) is 24.0 Å². The van der Waals surface area contributed by atoms with Crippen LogP contribution in [0.2, 0.25) is 0 Å². The SMILES string of the molecule is Cc1ccccc1CC(=O)N(CC(C)C(=O)O)C1CC1. The third kappa shape index (κ3) is 3.59. The molecule has 0 aliphatic heterocycles. The van der Waals surface area contributed by atoms with Crippen LogP contribution in [0.25, 0.3) is 0 Å². The predicted molar refractivity (Wildman–Crippen MR) is 76.4 cm³/mol. The van der Waals surface area contributed by atoms with E-state index in [2.05, 4.69) is 0 Å². The number of carboxylic acids is 1. The van der Waals surface area contributed by atoms with Crippen molar-refractivity contribution in [1.82, 2.24) is 4.90 Å². The fraction of sp³-hybridized carbons (Fsp3) is 0.500. The number of aryl methyl sites for hydroxylation is 1. The monoisotopic (exact) mass is 275 g/mol. The molecular weight excluding hydrogens is 254 g/mol. The summed E-state index contributed by atoms with van der Waals surface area (Å²) in [6.45, 7) is 3.95. The lowest BCUT2D eigenvalue weighted by atomic mass is 10.0. The molecule has 1 aromatic carbocycles. The van der Waals surface area contributed by atoms with Gasteiger partial charge in [-0.2, -0.15) is 0 Å². The quantitative estimate of drug-likeness (QED) is 0.866. The molecule has 0 bridgehead atoms. The molecule has 108 valence electrons. The Balaban J connectivity index is 2.04. The molecular formula is C16H21NO3. The zero-order valence-corrected chi connectivity index (χ0v) is 12.0. The van der Waals surface area contributed by atoms with Crippen LogP contribution in [0.1, 0.15) is 30.9 Å². The molecule has 0 spiro atoms. The van der Waals surface area contributed by atoms with Crippen LogP contribution in [-0.2, 0) is 16.0 Å². The van der Waals surface area contributed by atoms with Crippen molar-refractivity contribution in [1.29, 1.82) is 0 Å². The number of carbonyl (C=O) groups excluding carboxylic acids is 1. The van der Waals surface area contributed by atoms with Crippen LogP contribution in [0.4, 0.5) is 0 Å². The van der Waals surface area contributed by atoms with Crippen LogP contribution in [0.15, 0.2) is 24.3 Å². The fourth-order valence-corrected chi connectivity index (χ4v) is 2.29. The Labute approximate surface area is 119 Å². The van der Waals surface area contributed by atoms with E-state index in [9.17, 15) is 9.59 Å². The van der Waals surface area contributed by atoms with Gasteiger partial charge in [0.2, 0.25) is 5.91 Å². The second kappa shape index (κ2) is 6.07. The molecule has 1 aliphatic rings. The number of hydrogen-bond acceptors (Lipinski definition) is 2. The molecule has 1 amide bonds. The molecule has 4 nitrogen and oxygen atoms in total. The van der Waals surface area contributed by atoms with Crippen molar-refractivity contribution in [3.8, 4) is 0 Å². The Hall–Kier alpha value is -1.84. The van der Waals surface area contributed by atoms with Crippen molar-refractivity contribution >= 4 is 11.9 Å². The maximum atomic E-state index is 12.4. The van der Waals surface area contributed by atoms with Gasteiger partial charge in [0.05, 0.1) is 12.3 Å². The minimum atomic E-state index is -0.848. The van der Waals surface area contributed by atoms with E-state index in [-0.39, 0.29) is 11.9 Å². The summed E-state index contributed by atoms with van der Waals surface area (Å²) >= 11 is 0. The molecule has 0 heterocycles. The lowest BCUT2D eigenvalue weighted by Gasteiger charge is -2.24. The molecule has 1 fully saturated rings. The third-order valence-electron chi connectivity index (χ3n) is 3.80. The van der Waals surface area contributed by atoms with E-state index < -0.39 is 11.9 Å². The van der Waals surface area contributed by atoms with Gasteiger partial charge in [-0.25, -0.2) is 0 Å². The maximum Gasteiger partial charge on any atom is 0.308 e. The van der Waals surface area contributed by atoms with Crippen LogP contribution >= 0.6 is 0 Å². The highest BCUT2D eigenvalue weighted by Crippen LogP contribution is 2.28. The van der Waals surface area contributed by atoms with Gasteiger partial charge >= 0.3 is 5.97 Å². The molecule has 2 rings (SSSR count). The highest BCUT2D eigenvalue weighted by Gasteiger charge is 2.34. The smallest absolute Gasteiger partial charge is 0.308 e. The van der Waals surface area contributed by atoms with E-state index in [1.807, 2.05) is 31.2 Å². The molecule has 1 unspecified atom stereocenters. The first kappa shape index (κ1) is 14.6. The molecule has 1 atom stereocenters. The minimum absolute atomic E-state index is 0.0369. The molecule has 0 radical (unpaired) electrons. The fourth-order valence-electron chi connectivity index (χ4n) is 2.29. The number of nitrogens with zero attached hydrogens (tertiary/aromatic N) is 1. The predicted octanol–water partition coefficient (Wildman–Crippen LogP) is 2.25. The number of benzene rings is 1. The van der Waals surface area contributed by atoms with Crippen LogP contribution in [0, 0.1) is 12.8 Å². The summed E-state index contributed by atoms with van der Waals surface area (Å²) in [7, 11) is 0. The molecule has 4 heteroatoms. The summed E-state index contributed by atoms with van der Waals surface area (Å²) in [5.41, 5.74) is 2.12. The Kier molecular flexibility index (Phi) is 4.42. The Bertz CT molecular complexity index is 508. The Morgan fingerprint density at radius 2 is 2.00 bits per heavy atom. The van der Waals surface area contributed by atoms with Gasteiger partial charge in [-0.3, -0.25) is 9.59 Å². The van der Waals surface area contributed by atoms with E-state index in [4.69, 9.17) is 5.11 Å². The van der Waals surface area contributed by atoms with Crippen LogP contribution in [0.5, 0.6) is 0 Å². The van der Waals surface area contributed by atoms with Crippen molar-refractivity contribution in [2.75, 3.05) is 6.54 Å². The Morgan fingerprint density at radius 3 is 2.55 bits per heavy atom. The number of hydrogen-bond donors (Lipinski definition) is 1. The van der Waals surface area contributed by atoms with Crippen molar-refractivity contribution in [2.24, 2.45) is 5.92 Å². The maximum absolute atomic E-state index is 12.4. The highest BCUT2D eigenvalue weighted by molar-refractivity contribution is 5.80. The second-order valence-electron chi connectivity index (χ2n) is 5.62. The van der Waals surface area contributed by atoms with Crippen molar-refractivity contribution in [3.63, 3.8) is 0 Å². The third-order valence-corrected chi connectivity index (χ3v) is 3.80. The van der Waals surface area contributed by atoms with Gasteiger partial charge in [-0.1, -0.05) is 31.2 Å². The average molecular weight is 275 g/mol. The van der Waals surface area contributed by atoms with Gasteiger partial charge in [0, 0.05) is 12.6 Å². The van der Waals surface area contributed by atoms with Gasteiger partial charge in [0.25, 0.3) is 0 Å². The molecule has 20 heavy (non-hydrogen) atoms. The van der Waals surface area contributed by atoms with E-state index >= 15 is 0 Å². The van der Waals surface area contributed by atoms with Crippen LogP contribution in [0.3, 0.4) is 0 Å². The Morgan fingerprint density at radius 1 is 1.35 bits per heavy atom. The lowest BCUT2D eigenvalue weighted by Crippen LogP contribution is -2.39. The average Bonchev–Trinajstić information content (AvgIpc) is 3.22. The highest BCUT2D eigenvalue weighted by atomic mass is 16.4. The first-order valence-corrected chi connectivity index (χ1v) is 7.06. The van der Waals surface area contributed by atoms with E-state index in [0.29, 0.717) is 13.0 Å². The summed E-state index contributed by atoms with van der Waals surface area (Å²) in [5, 5.41) is 9.01. The number of carbonyl (C=O) groups is 2. The van der Waals surface area contributed by atoms with Crippen LogP contribution < -0.4 is 0 Å². The first-order chi connectivity index (χ1) is 9.49. The number of rotatable bonds is 6. The standard InChI is InChI=1S/C16H21NO3/c1-11-5-3-4-6-13(11)9-15(18)17(14-7-8-14)10-12(2)16(19)20/h3-6,12,14H,7-10H2,1-2H3,(H,19,20). The van der Waals surface area contributed by atoms with E-state index in [1.165, 1.54) is 0 Å². The zero-order chi connectivity index (χ0) is 14.7. The number of amides is 1. The molecule has 1 aromatic rings. The molecule has 0 aromatic heterocycles. The zero-order valence-electron chi connectivity index (χ0n) is 12.0. The lowest BCUT2D eigenvalue weighted by molar-refractivity contribution is -0.143. The van der Waals surface area contributed by atoms with E-state index in [1.54, 1.807) is 11.8 Å². The molecule has 1 N–H and O–H groups in total. The van der Waals surface area contributed by atoms with Gasteiger partial charge in [0.1, 0.15) is 0 Å². The van der Waals surface area contributed by atoms with Crippen molar-refractivity contribution < 1.29 is 14.7 Å². The molecule has 0 saturated heterocycles. The minimum Gasteiger partial charge on any atom is -0.481 e. The van der Waals surface area contributed by atoms with Gasteiger partial charge < -0.3 is 10.0 Å². The molecule has 1 aliphatic carbocycles. The second-order valence-corrected chi connectivity index (χ2v) is 5.62. The normalized spacial score (nSPS) is 15.7. The summed E-state index contributed by atoms with van der Waals surface area (Å²) in [6.07, 6.45) is 2.34. The van der Waals surface area contributed by atoms with Crippen molar-refractivity contribution in [2.45, 2.75) is 39.2 Å². The summed E-state index contributed by atoms with van der Waals surface area (Å²) < 4.78 is 0. The van der Waals surface area contributed by atoms with Gasteiger partial charge in [0.15, 0.2) is 0 Å². The summed E-state index contributed by atoms with van der Waals surface area (Å²) in [6, 6.07) is 8.07. The van der Waals surface area contributed by atoms with Crippen LogP contribution in [-0.4, -0.2) is 34.5 Å². The topological polar surface area (TPSA) is 57.6 Å². The summed E-state index contributed by atoms with van der Waals surface area (Å²) in [4.78, 5) is 25.2. The number of aliphatic carboxylic acids is 1. The number of carboxylic acid groups (broad SMARTS) is 1. The largest absolute Gasteiger partial charge is 0.481 e. The van der Waals surface area contributed by atoms with Crippen molar-refractivity contribution in [3.05, 3.63) is 35.4 Å².